The zero-order valence-corrected chi connectivity index (χ0v) is 19.5. The van der Waals surface area contributed by atoms with Crippen molar-refractivity contribution >= 4 is 28.8 Å². The Bertz CT molecular complexity index is 575. The summed E-state index contributed by atoms with van der Waals surface area (Å²) in [6.45, 7) is 18.9. The van der Waals surface area contributed by atoms with Gasteiger partial charge in [-0.05, 0) is 53.7 Å². The van der Waals surface area contributed by atoms with Crippen molar-refractivity contribution in [3.63, 3.8) is 0 Å². The highest BCUT2D eigenvalue weighted by Gasteiger charge is 2.16. The number of nitrogens with zero attached hydrogens (tertiary/aromatic N) is 4. The summed E-state index contributed by atoms with van der Waals surface area (Å²) in [6.07, 6.45) is 0. The van der Waals surface area contributed by atoms with E-state index < -0.39 is 28.8 Å². The van der Waals surface area contributed by atoms with Gasteiger partial charge in [-0.15, -0.1) is 0 Å². The Hall–Kier alpha value is 0.840. The van der Waals surface area contributed by atoms with Crippen molar-refractivity contribution in [1.82, 2.24) is 5.09 Å². The third kappa shape index (κ3) is 23.1. The minimum absolute atomic E-state index is 0. The lowest BCUT2D eigenvalue weighted by molar-refractivity contribution is 0.204. The maximum Gasteiger partial charge on any atom is 0.134 e. The van der Waals surface area contributed by atoms with Crippen molar-refractivity contribution in [2.75, 3.05) is 80.6 Å². The second kappa shape index (κ2) is 18.6. The molecule has 0 saturated carbocycles. The summed E-state index contributed by atoms with van der Waals surface area (Å²) in [5, 5.41) is 3.45. The van der Waals surface area contributed by atoms with E-state index in [-0.39, 0.29) is 44.6 Å². The second-order valence-corrected chi connectivity index (χ2v) is 20.8. The van der Waals surface area contributed by atoms with Crippen LogP contribution in [0.5, 0.6) is 0 Å². The van der Waals surface area contributed by atoms with Crippen LogP contribution in [0.1, 0.15) is 44.6 Å². The van der Waals surface area contributed by atoms with Crippen LogP contribution in [0.2, 0.25) is 0 Å². The van der Waals surface area contributed by atoms with E-state index in [2.05, 4.69) is 63.2 Å². The fourth-order valence-electron chi connectivity index (χ4n) is 2.16. The molecule has 0 aromatic heterocycles. The Balaban J connectivity index is -0.000000147. The number of nitrogens with one attached hydrogen (secondary N) is 1. The first-order valence-corrected chi connectivity index (χ1v) is 17.6. The summed E-state index contributed by atoms with van der Waals surface area (Å²) in [7, 11) is -2.93. The zero-order valence-electron chi connectivity index (χ0n) is 15.9. The number of ether oxygens (including phenoxy) is 1. The van der Waals surface area contributed by atoms with Crippen molar-refractivity contribution in [3.05, 3.63) is 0 Å². The Morgan fingerprint density at radius 2 is 1.07 bits per heavy atom. The molecule has 1 N–H and O–H groups in total. The predicted molar refractivity (Wildman–Crippen MR) is 151 cm³/mol. The van der Waals surface area contributed by atoms with Crippen molar-refractivity contribution < 1.29 is 4.74 Å². The first kappa shape index (κ1) is 46.9. The summed E-state index contributed by atoms with van der Waals surface area (Å²) in [5.74, 6) is 0. The average Bonchev–Trinajstić information content (AvgIpc) is 2.23. The van der Waals surface area contributed by atoms with Crippen LogP contribution in [0.15, 0.2) is 18.3 Å². The summed E-state index contributed by atoms with van der Waals surface area (Å²) < 4.78 is 24.8. The van der Waals surface area contributed by atoms with Gasteiger partial charge in [0.25, 0.3) is 0 Å². The molecule has 28 heavy (non-hydrogen) atoms. The smallest absolute Gasteiger partial charge is 0.134 e. The molecule has 1 atom stereocenters. The molecule has 0 saturated heterocycles. The molecule has 0 radical (unpaired) electrons. The van der Waals surface area contributed by atoms with Crippen LogP contribution in [0.4, 0.5) is 0 Å². The Morgan fingerprint density at radius 1 is 0.679 bits per heavy atom. The van der Waals surface area contributed by atoms with Crippen molar-refractivity contribution in [2.24, 2.45) is 18.3 Å². The van der Waals surface area contributed by atoms with Crippen LogP contribution in [0, 0.1) is 0 Å². The fraction of sp³-hybridized carbons (Fsp3) is 1.00. The maximum atomic E-state index is 5.10. The third-order valence-corrected chi connectivity index (χ3v) is 14.6. The van der Waals surface area contributed by atoms with Crippen LogP contribution in [0.3, 0.4) is 0 Å². The van der Waals surface area contributed by atoms with Gasteiger partial charge < -0.3 is 4.74 Å². The molecule has 0 rings (SSSR count). The van der Waals surface area contributed by atoms with Gasteiger partial charge in [0, 0.05) is 27.4 Å². The van der Waals surface area contributed by atoms with E-state index in [1.807, 2.05) is 7.05 Å². The first-order valence-electron chi connectivity index (χ1n) is 7.20. The van der Waals surface area contributed by atoms with Gasteiger partial charge in [0.2, 0.25) is 0 Å². The van der Waals surface area contributed by atoms with Gasteiger partial charge >= 0.3 is 0 Å². The van der Waals surface area contributed by atoms with E-state index in [4.69, 9.17) is 18.3 Å². The molecule has 0 aliphatic heterocycles. The van der Waals surface area contributed by atoms with Crippen LogP contribution in [-0.4, -0.2) is 80.6 Å². The molecule has 10 heteroatoms. The van der Waals surface area contributed by atoms with Gasteiger partial charge in [-0.2, -0.15) is 0 Å². The predicted octanol–water partition coefficient (Wildman–Crippen LogP) is 9.17. The highest BCUT2D eigenvalue weighted by molar-refractivity contribution is 7.81. The van der Waals surface area contributed by atoms with Crippen molar-refractivity contribution in [2.45, 2.75) is 44.6 Å². The lowest BCUT2D eigenvalue weighted by Gasteiger charge is -2.23. The van der Waals surface area contributed by atoms with E-state index in [0.717, 1.165) is 6.54 Å². The highest BCUT2D eigenvalue weighted by atomic mass is 31.2. The number of methoxy groups -OCH3 is 1. The quantitative estimate of drug-likeness (QED) is 0.288. The topological polar surface area (TPSA) is 70.7 Å². The monoisotopic (exact) mass is 485 g/mol. The van der Waals surface area contributed by atoms with Gasteiger partial charge in [0.15, 0.2) is 0 Å². The molecule has 0 amide bonds. The molecule has 0 spiro atoms. The van der Waals surface area contributed by atoms with Crippen LogP contribution >= 0.6 is 28.8 Å². The van der Waals surface area contributed by atoms with Gasteiger partial charge in [0.1, 0.15) is 7.36 Å². The van der Waals surface area contributed by atoms with E-state index in [1.165, 1.54) is 0 Å². The molecule has 0 aromatic carbocycles. The Labute approximate surface area is 182 Å². The summed E-state index contributed by atoms with van der Waals surface area (Å²) >= 11 is 0. The SMILES string of the molecule is C.C.C.C.C.C.CN=P(C)(N=P(C)(C)N=P(C)(C)N=P(C)(C)C)NCCOC. The number of rotatable bonds is 7. The average molecular weight is 486 g/mol. The first-order chi connectivity index (χ1) is 9.74. The van der Waals surface area contributed by atoms with Crippen LogP contribution < -0.4 is 5.09 Å². The maximum absolute atomic E-state index is 5.10. The zero-order chi connectivity index (χ0) is 17.7. The minimum Gasteiger partial charge on any atom is -0.383 e. The summed E-state index contributed by atoms with van der Waals surface area (Å²) in [6, 6.07) is 0. The normalized spacial score (nSPS) is 12.5. The fourth-order valence-corrected chi connectivity index (χ4v) is 17.3. The number of hydrogen-bond acceptors (Lipinski definition) is 2. The molecule has 0 bridgehead atoms. The van der Waals surface area contributed by atoms with E-state index in [9.17, 15) is 0 Å². The summed E-state index contributed by atoms with van der Waals surface area (Å²) in [5.41, 5.74) is 0. The molecule has 1 unspecified atom stereocenters. The second-order valence-electron chi connectivity index (χ2n) is 6.90. The molecular weight excluding hydrogens is 426 g/mol. The molecule has 0 fully saturated rings. The third-order valence-electron chi connectivity index (χ3n) is 2.43. The van der Waals surface area contributed by atoms with Gasteiger partial charge in [-0.1, -0.05) is 44.6 Å². The Morgan fingerprint density at radius 3 is 1.39 bits per heavy atom. The molecule has 0 aromatic rings. The lowest BCUT2D eigenvalue weighted by Crippen LogP contribution is -2.14. The Kier molecular flexibility index (Phi) is 31.1. The van der Waals surface area contributed by atoms with E-state index in [0.29, 0.717) is 6.61 Å². The lowest BCUT2D eigenvalue weighted by atomic mass is 10.7. The van der Waals surface area contributed by atoms with E-state index in [1.54, 1.807) is 7.11 Å². The van der Waals surface area contributed by atoms with E-state index >= 15 is 0 Å². The van der Waals surface area contributed by atoms with Gasteiger partial charge in [-0.3, -0.25) is 14.3 Å². The largest absolute Gasteiger partial charge is 0.383 e. The minimum atomic E-state index is -1.88. The number of hydrogen-bond donors (Lipinski definition) is 1. The standard InChI is InChI=1S/C12H35N5OP4.6CH4/c1-13-22(10,14-11-12-18-2)17-21(8,9)16-20(6,7)15-19(3,4)5;;;;;;/h14H,11-12H2,1-10H3;6*1H4. The van der Waals surface area contributed by atoms with Crippen molar-refractivity contribution in [3.8, 4) is 0 Å². The molecule has 0 aliphatic carbocycles. The molecular formula is C18H59N5OP4. The van der Waals surface area contributed by atoms with Crippen LogP contribution in [0.25, 0.3) is 0 Å². The molecule has 0 aliphatic rings. The van der Waals surface area contributed by atoms with Crippen molar-refractivity contribution in [1.29, 1.82) is 0 Å². The van der Waals surface area contributed by atoms with Gasteiger partial charge in [-0.25, -0.2) is 9.03 Å². The molecule has 0 heterocycles. The summed E-state index contributed by atoms with van der Waals surface area (Å²) in [4.78, 5) is 0. The highest BCUT2D eigenvalue weighted by Crippen LogP contribution is 2.65. The molecule has 182 valence electrons. The molecule has 6 nitrogen and oxygen atoms in total. The van der Waals surface area contributed by atoms with Gasteiger partial charge in [0.05, 0.1) is 21.0 Å². The van der Waals surface area contributed by atoms with Crippen LogP contribution in [-0.2, 0) is 4.74 Å².